The quantitative estimate of drug-likeness (QED) is 0.673. The molecule has 2 aromatic rings. The van der Waals surface area contributed by atoms with Crippen LogP contribution in [0.1, 0.15) is 36.0 Å². The molecule has 0 unspecified atom stereocenters. The van der Waals surface area contributed by atoms with E-state index in [1.165, 1.54) is 0 Å². The molecule has 5 heteroatoms. The Bertz CT molecular complexity index is 824. The number of carbonyl (C=O) groups excluding carboxylic acids is 1. The Kier molecular flexibility index (Phi) is 5.54. The van der Waals surface area contributed by atoms with Gasteiger partial charge >= 0.3 is 0 Å². The van der Waals surface area contributed by atoms with Crippen molar-refractivity contribution in [3.63, 3.8) is 0 Å². The van der Waals surface area contributed by atoms with Gasteiger partial charge in [-0.3, -0.25) is 4.79 Å². The lowest BCUT2D eigenvalue weighted by atomic mass is 10.1. The van der Waals surface area contributed by atoms with Crippen LogP contribution in [0.5, 0.6) is 0 Å². The summed E-state index contributed by atoms with van der Waals surface area (Å²) >= 11 is 0. The minimum absolute atomic E-state index is 0.0649. The Labute approximate surface area is 142 Å². The molecule has 2 aromatic heterocycles. The van der Waals surface area contributed by atoms with Gasteiger partial charge < -0.3 is 9.88 Å². The van der Waals surface area contributed by atoms with Gasteiger partial charge in [-0.1, -0.05) is 13.0 Å². The molecule has 0 saturated carbocycles. The third-order valence-corrected chi connectivity index (χ3v) is 3.85. The number of amides is 1. The highest BCUT2D eigenvalue weighted by atomic mass is 16.1. The van der Waals surface area contributed by atoms with E-state index in [4.69, 9.17) is 0 Å². The van der Waals surface area contributed by atoms with Crippen molar-refractivity contribution in [1.82, 2.24) is 9.55 Å². The zero-order valence-electron chi connectivity index (χ0n) is 14.6. The summed E-state index contributed by atoms with van der Waals surface area (Å²) in [6.07, 6.45) is 2.67. The van der Waals surface area contributed by atoms with Crippen LogP contribution in [0.3, 0.4) is 0 Å². The minimum atomic E-state index is -0.448. The van der Waals surface area contributed by atoms with E-state index >= 15 is 0 Å². The number of carbonyl (C=O) groups is 1. The lowest BCUT2D eigenvalue weighted by molar-refractivity contribution is -0.112. The summed E-state index contributed by atoms with van der Waals surface area (Å²) < 4.78 is 2.20. The highest BCUT2D eigenvalue weighted by Gasteiger charge is 2.13. The highest BCUT2D eigenvalue weighted by Crippen LogP contribution is 2.19. The Hall–Kier alpha value is -2.87. The number of hydrogen-bond acceptors (Lipinski definition) is 3. The number of aromatic nitrogens is 2. The number of anilines is 1. The minimum Gasteiger partial charge on any atom is -0.349 e. The van der Waals surface area contributed by atoms with Gasteiger partial charge in [-0.2, -0.15) is 5.26 Å². The third kappa shape index (κ3) is 3.90. The maximum Gasteiger partial charge on any atom is 0.267 e. The number of rotatable bonds is 5. The average molecular weight is 322 g/mol. The molecule has 0 radical (unpaired) electrons. The van der Waals surface area contributed by atoms with E-state index in [9.17, 15) is 10.1 Å². The Balaban J connectivity index is 2.28. The predicted octanol–water partition coefficient (Wildman–Crippen LogP) is 3.76. The van der Waals surface area contributed by atoms with E-state index in [1.807, 2.05) is 45.0 Å². The van der Waals surface area contributed by atoms with Crippen molar-refractivity contribution in [1.29, 1.82) is 5.26 Å². The monoisotopic (exact) mass is 322 g/mol. The van der Waals surface area contributed by atoms with Crippen LogP contribution in [0.25, 0.3) is 6.08 Å². The smallest absolute Gasteiger partial charge is 0.267 e. The third-order valence-electron chi connectivity index (χ3n) is 3.85. The van der Waals surface area contributed by atoms with Crippen molar-refractivity contribution in [2.45, 2.75) is 40.7 Å². The molecule has 0 atom stereocenters. The maximum atomic E-state index is 12.3. The summed E-state index contributed by atoms with van der Waals surface area (Å²) in [4.78, 5) is 16.6. The Morgan fingerprint density at radius 1 is 1.38 bits per heavy atom. The van der Waals surface area contributed by atoms with Gasteiger partial charge in [0.1, 0.15) is 17.5 Å². The molecule has 24 heavy (non-hydrogen) atoms. The van der Waals surface area contributed by atoms with Crippen molar-refractivity contribution in [2.75, 3.05) is 5.32 Å². The molecule has 0 bridgehead atoms. The predicted molar refractivity (Wildman–Crippen MR) is 95.4 cm³/mol. The number of nitrogens with zero attached hydrogens (tertiary/aromatic N) is 3. The van der Waals surface area contributed by atoms with E-state index in [-0.39, 0.29) is 5.57 Å². The van der Waals surface area contributed by atoms with Crippen LogP contribution in [0.2, 0.25) is 0 Å². The molecule has 0 aliphatic heterocycles. The van der Waals surface area contributed by atoms with Crippen molar-refractivity contribution in [3.05, 3.63) is 52.5 Å². The van der Waals surface area contributed by atoms with Crippen LogP contribution in [-0.4, -0.2) is 15.5 Å². The molecule has 1 amide bonds. The van der Waals surface area contributed by atoms with Gasteiger partial charge in [0.05, 0.1) is 0 Å². The standard InChI is InChI=1S/C19H22N4O/c1-5-9-23-14(3)10-16(15(23)4)11-17(12-20)19(24)22-18-8-6-7-13(2)21-18/h6-8,10-11H,5,9H2,1-4H3,(H,21,22,24)/b17-11+. The van der Waals surface area contributed by atoms with Gasteiger partial charge in [0.15, 0.2) is 0 Å². The first kappa shape index (κ1) is 17.5. The van der Waals surface area contributed by atoms with Crippen molar-refractivity contribution in [2.24, 2.45) is 0 Å². The fourth-order valence-corrected chi connectivity index (χ4v) is 2.64. The molecular formula is C19H22N4O. The topological polar surface area (TPSA) is 70.7 Å². The second kappa shape index (κ2) is 7.60. The molecule has 1 N–H and O–H groups in total. The van der Waals surface area contributed by atoms with Gasteiger partial charge in [-0.15, -0.1) is 0 Å². The molecule has 0 spiro atoms. The summed E-state index contributed by atoms with van der Waals surface area (Å²) in [6.45, 7) is 8.93. The van der Waals surface area contributed by atoms with Crippen LogP contribution < -0.4 is 5.32 Å². The van der Waals surface area contributed by atoms with Gasteiger partial charge in [-0.05, 0) is 57.0 Å². The van der Waals surface area contributed by atoms with Crippen LogP contribution >= 0.6 is 0 Å². The summed E-state index contributed by atoms with van der Waals surface area (Å²) in [6, 6.07) is 9.35. The SMILES string of the molecule is CCCn1c(C)cc(/C=C(\C#N)C(=O)Nc2cccc(C)n2)c1C. The molecule has 2 heterocycles. The fraction of sp³-hybridized carbons (Fsp3) is 0.316. The average Bonchev–Trinajstić information content (AvgIpc) is 2.80. The largest absolute Gasteiger partial charge is 0.349 e. The summed E-state index contributed by atoms with van der Waals surface area (Å²) in [5, 5.41) is 12.0. The van der Waals surface area contributed by atoms with Crippen LogP contribution in [0.15, 0.2) is 29.8 Å². The van der Waals surface area contributed by atoms with Crippen molar-refractivity contribution in [3.8, 4) is 6.07 Å². The van der Waals surface area contributed by atoms with E-state index in [2.05, 4.69) is 21.8 Å². The fourth-order valence-electron chi connectivity index (χ4n) is 2.64. The van der Waals surface area contributed by atoms with E-state index in [1.54, 1.807) is 12.1 Å². The molecule has 0 aliphatic rings. The van der Waals surface area contributed by atoms with Crippen LogP contribution in [0.4, 0.5) is 5.82 Å². The lowest BCUT2D eigenvalue weighted by Gasteiger charge is -2.07. The number of hydrogen-bond donors (Lipinski definition) is 1. The lowest BCUT2D eigenvalue weighted by Crippen LogP contribution is -2.14. The number of pyridine rings is 1. The highest BCUT2D eigenvalue weighted by molar-refractivity contribution is 6.09. The van der Waals surface area contributed by atoms with Crippen LogP contribution in [-0.2, 0) is 11.3 Å². The zero-order valence-corrected chi connectivity index (χ0v) is 14.6. The summed E-state index contributed by atoms with van der Waals surface area (Å²) in [5.74, 6) is -0.00602. The molecule has 0 aromatic carbocycles. The van der Waals surface area contributed by atoms with E-state index in [0.717, 1.165) is 35.6 Å². The Morgan fingerprint density at radius 2 is 2.12 bits per heavy atom. The normalized spacial score (nSPS) is 11.2. The zero-order chi connectivity index (χ0) is 17.7. The number of aryl methyl sites for hydroxylation is 2. The molecule has 2 rings (SSSR count). The molecular weight excluding hydrogens is 300 g/mol. The van der Waals surface area contributed by atoms with E-state index < -0.39 is 5.91 Å². The van der Waals surface area contributed by atoms with Gasteiger partial charge in [0.2, 0.25) is 0 Å². The van der Waals surface area contributed by atoms with E-state index in [0.29, 0.717) is 5.82 Å². The summed E-state index contributed by atoms with van der Waals surface area (Å²) in [7, 11) is 0. The molecule has 124 valence electrons. The van der Waals surface area contributed by atoms with Crippen LogP contribution in [0, 0.1) is 32.1 Å². The first-order valence-electron chi connectivity index (χ1n) is 7.99. The molecule has 0 aliphatic carbocycles. The molecule has 0 fully saturated rings. The first-order valence-corrected chi connectivity index (χ1v) is 7.99. The second-order valence-electron chi connectivity index (χ2n) is 5.77. The van der Waals surface area contributed by atoms with Gasteiger partial charge in [0, 0.05) is 23.6 Å². The molecule has 0 saturated heterocycles. The van der Waals surface area contributed by atoms with Crippen molar-refractivity contribution >= 4 is 17.8 Å². The molecule has 5 nitrogen and oxygen atoms in total. The Morgan fingerprint density at radius 3 is 2.75 bits per heavy atom. The van der Waals surface area contributed by atoms with Gasteiger partial charge in [-0.25, -0.2) is 4.98 Å². The number of nitriles is 1. The van der Waals surface area contributed by atoms with Gasteiger partial charge in [0.25, 0.3) is 5.91 Å². The summed E-state index contributed by atoms with van der Waals surface area (Å²) in [5.41, 5.74) is 3.94. The first-order chi connectivity index (χ1) is 11.5. The second-order valence-corrected chi connectivity index (χ2v) is 5.77. The maximum absolute atomic E-state index is 12.3. The number of nitrogens with one attached hydrogen (secondary N) is 1. The van der Waals surface area contributed by atoms with Crippen molar-refractivity contribution < 1.29 is 4.79 Å².